The van der Waals surface area contributed by atoms with Crippen LogP contribution in [0.15, 0.2) is 42.0 Å². The Hall–Kier alpha value is -2.83. The van der Waals surface area contributed by atoms with Gasteiger partial charge < -0.3 is 25.0 Å². The van der Waals surface area contributed by atoms with Gasteiger partial charge in [-0.25, -0.2) is 4.79 Å². The molecule has 8 nitrogen and oxygen atoms in total. The molecule has 1 aromatic rings. The van der Waals surface area contributed by atoms with E-state index in [2.05, 4.69) is 5.32 Å². The van der Waals surface area contributed by atoms with Crippen LogP contribution >= 0.6 is 0 Å². The average Bonchev–Trinajstić information content (AvgIpc) is 2.75. The molecule has 1 aromatic carbocycles. The summed E-state index contributed by atoms with van der Waals surface area (Å²) < 4.78 is 5.33. The van der Waals surface area contributed by atoms with Gasteiger partial charge >= 0.3 is 13.2 Å². The van der Waals surface area contributed by atoms with Gasteiger partial charge in [-0.05, 0) is 36.7 Å². The van der Waals surface area contributed by atoms with Gasteiger partial charge in [-0.3, -0.25) is 4.79 Å². The molecule has 0 spiro atoms. The van der Waals surface area contributed by atoms with Gasteiger partial charge in [0.25, 0.3) is 5.91 Å². The molecule has 0 aromatic heterocycles. The molecule has 1 aliphatic rings. The molecule has 1 heterocycles. The van der Waals surface area contributed by atoms with Crippen molar-refractivity contribution in [2.75, 3.05) is 13.2 Å². The molecule has 2 rings (SSSR count). The van der Waals surface area contributed by atoms with Crippen LogP contribution in [-0.4, -0.2) is 59.2 Å². The summed E-state index contributed by atoms with van der Waals surface area (Å²) in [6, 6.07) is 10.8. The fraction of sp³-hybridized carbons (Fsp3) is 0.522. The normalized spacial score (nSPS) is 17.8. The SMILES string of the molecule is CC(C)(C)/C=C(\C#N)C(=O)N1CCCC[C@H]1COC(=O)N[C@@H](Cc1ccccc1)B(O)O. The highest BCUT2D eigenvalue weighted by Gasteiger charge is 2.31. The Balaban J connectivity index is 1.99. The van der Waals surface area contributed by atoms with Crippen LogP contribution in [0.25, 0.3) is 0 Å². The zero-order chi connectivity index (χ0) is 23.7. The van der Waals surface area contributed by atoms with Crippen LogP contribution in [0, 0.1) is 16.7 Å². The van der Waals surface area contributed by atoms with Crippen molar-refractivity contribution in [3.8, 4) is 6.07 Å². The third-order valence-electron chi connectivity index (χ3n) is 5.18. The van der Waals surface area contributed by atoms with E-state index in [1.54, 1.807) is 11.0 Å². The number of ether oxygens (including phenoxy) is 1. The minimum atomic E-state index is -1.75. The largest absolute Gasteiger partial charge is 0.475 e. The van der Waals surface area contributed by atoms with Crippen molar-refractivity contribution in [3.05, 3.63) is 47.5 Å². The van der Waals surface area contributed by atoms with Crippen LogP contribution in [0.2, 0.25) is 0 Å². The molecule has 3 N–H and O–H groups in total. The molecule has 9 heteroatoms. The van der Waals surface area contributed by atoms with E-state index in [9.17, 15) is 24.9 Å². The number of carbonyl (C=O) groups excluding carboxylic acids is 2. The van der Waals surface area contributed by atoms with E-state index in [4.69, 9.17) is 4.74 Å². The van der Waals surface area contributed by atoms with Gasteiger partial charge in [-0.1, -0.05) is 57.2 Å². The van der Waals surface area contributed by atoms with Gasteiger partial charge in [0.1, 0.15) is 18.2 Å². The summed E-state index contributed by atoms with van der Waals surface area (Å²) in [4.78, 5) is 26.9. The number of amides is 2. The number of benzene rings is 1. The van der Waals surface area contributed by atoms with Crippen molar-refractivity contribution in [3.63, 3.8) is 0 Å². The third-order valence-corrected chi connectivity index (χ3v) is 5.18. The number of hydrogen-bond donors (Lipinski definition) is 3. The minimum Gasteiger partial charge on any atom is -0.447 e. The molecule has 2 amide bonds. The van der Waals surface area contributed by atoms with Crippen LogP contribution in [-0.2, 0) is 16.0 Å². The van der Waals surface area contributed by atoms with E-state index in [1.165, 1.54) is 0 Å². The Kier molecular flexibility index (Phi) is 9.30. The van der Waals surface area contributed by atoms with Gasteiger partial charge in [-0.2, -0.15) is 5.26 Å². The van der Waals surface area contributed by atoms with E-state index >= 15 is 0 Å². The summed E-state index contributed by atoms with van der Waals surface area (Å²) in [6.45, 7) is 6.20. The number of allylic oxidation sites excluding steroid dienone is 1. The molecular formula is C23H32BN3O5. The molecule has 32 heavy (non-hydrogen) atoms. The van der Waals surface area contributed by atoms with Gasteiger partial charge in [-0.15, -0.1) is 0 Å². The number of nitrogens with one attached hydrogen (secondary N) is 1. The predicted octanol–water partition coefficient (Wildman–Crippen LogP) is 2.21. The van der Waals surface area contributed by atoms with E-state index in [0.29, 0.717) is 13.0 Å². The minimum absolute atomic E-state index is 0.0363. The number of piperidine rings is 1. The first-order valence-electron chi connectivity index (χ1n) is 10.9. The van der Waals surface area contributed by atoms with Crippen molar-refractivity contribution in [1.82, 2.24) is 10.2 Å². The van der Waals surface area contributed by atoms with Gasteiger partial charge in [0.05, 0.1) is 12.0 Å². The smallest absolute Gasteiger partial charge is 0.447 e. The maximum absolute atomic E-state index is 12.9. The molecule has 2 atom stereocenters. The number of hydrogen-bond acceptors (Lipinski definition) is 6. The highest BCUT2D eigenvalue weighted by atomic mass is 16.5. The lowest BCUT2D eigenvalue weighted by molar-refractivity contribution is -0.131. The van der Waals surface area contributed by atoms with Gasteiger partial charge in [0.15, 0.2) is 0 Å². The Bertz CT molecular complexity index is 845. The summed E-state index contributed by atoms with van der Waals surface area (Å²) in [5, 5.41) is 31.2. The predicted molar refractivity (Wildman–Crippen MR) is 121 cm³/mol. The number of likely N-dealkylation sites (tertiary alicyclic amines) is 1. The van der Waals surface area contributed by atoms with Crippen molar-refractivity contribution in [2.24, 2.45) is 5.41 Å². The maximum Gasteiger partial charge on any atom is 0.475 e. The van der Waals surface area contributed by atoms with E-state index < -0.39 is 19.2 Å². The maximum atomic E-state index is 12.9. The lowest BCUT2D eigenvalue weighted by Gasteiger charge is -2.35. The molecule has 1 fully saturated rings. The highest BCUT2D eigenvalue weighted by Crippen LogP contribution is 2.23. The van der Waals surface area contributed by atoms with Crippen LogP contribution in [0.3, 0.4) is 0 Å². The van der Waals surface area contributed by atoms with Crippen LogP contribution in [0.5, 0.6) is 0 Å². The topological polar surface area (TPSA) is 123 Å². The Labute approximate surface area is 190 Å². The molecule has 0 bridgehead atoms. The van der Waals surface area contributed by atoms with Gasteiger partial charge in [0, 0.05) is 6.54 Å². The second-order valence-corrected chi connectivity index (χ2v) is 9.14. The summed E-state index contributed by atoms with van der Waals surface area (Å²) in [5.74, 6) is -1.29. The lowest BCUT2D eigenvalue weighted by Crippen LogP contribution is -2.50. The number of nitrogens with zero attached hydrogens (tertiary/aromatic N) is 2. The molecule has 0 saturated carbocycles. The van der Waals surface area contributed by atoms with Crippen LogP contribution < -0.4 is 5.32 Å². The Morgan fingerprint density at radius 2 is 2.00 bits per heavy atom. The van der Waals surface area contributed by atoms with Gasteiger partial charge in [0.2, 0.25) is 0 Å². The Morgan fingerprint density at radius 3 is 2.59 bits per heavy atom. The molecule has 172 valence electrons. The number of alkyl carbamates (subject to hydrolysis) is 1. The second-order valence-electron chi connectivity index (χ2n) is 9.14. The van der Waals surface area contributed by atoms with Crippen molar-refractivity contribution in [1.29, 1.82) is 5.26 Å². The monoisotopic (exact) mass is 441 g/mol. The fourth-order valence-corrected chi connectivity index (χ4v) is 3.63. The van der Waals surface area contributed by atoms with E-state index in [-0.39, 0.29) is 36.0 Å². The lowest BCUT2D eigenvalue weighted by atomic mass is 9.76. The van der Waals surface area contributed by atoms with Crippen molar-refractivity contribution >= 4 is 19.1 Å². The first-order chi connectivity index (χ1) is 15.1. The third kappa shape index (κ3) is 8.02. The number of rotatable bonds is 7. The standard InChI is InChI=1S/C23H32BN3O5/c1-23(2,3)14-18(15-25)21(28)27-12-8-7-11-19(27)16-32-22(29)26-20(24(30)31)13-17-9-5-4-6-10-17/h4-6,9-10,14,19-20,30-31H,7-8,11-13,16H2,1-3H3,(H,26,29)/b18-14+/t19-,20-/m0/s1. The molecule has 1 aliphatic heterocycles. The first-order valence-corrected chi connectivity index (χ1v) is 10.9. The molecule has 0 radical (unpaired) electrons. The molecule has 0 aliphatic carbocycles. The summed E-state index contributed by atoms with van der Waals surface area (Å²) in [5.41, 5.74) is 0.603. The molecule has 0 unspecified atom stereocenters. The number of carbonyl (C=O) groups is 2. The van der Waals surface area contributed by atoms with E-state index in [1.807, 2.05) is 57.2 Å². The Morgan fingerprint density at radius 1 is 1.31 bits per heavy atom. The van der Waals surface area contributed by atoms with Crippen LogP contribution in [0.4, 0.5) is 4.79 Å². The quantitative estimate of drug-likeness (QED) is 0.339. The zero-order valence-electron chi connectivity index (χ0n) is 19.0. The van der Waals surface area contributed by atoms with Crippen molar-refractivity contribution in [2.45, 2.75) is 58.4 Å². The number of nitriles is 1. The first kappa shape index (κ1) is 25.4. The summed E-state index contributed by atoms with van der Waals surface area (Å²) in [6.07, 6.45) is 3.46. The molecular weight excluding hydrogens is 409 g/mol. The molecule has 1 saturated heterocycles. The van der Waals surface area contributed by atoms with Crippen molar-refractivity contribution < 1.29 is 24.4 Å². The fourth-order valence-electron chi connectivity index (χ4n) is 3.63. The average molecular weight is 441 g/mol. The zero-order valence-corrected chi connectivity index (χ0v) is 19.0. The van der Waals surface area contributed by atoms with Crippen LogP contribution in [0.1, 0.15) is 45.6 Å². The van der Waals surface area contributed by atoms with E-state index in [0.717, 1.165) is 18.4 Å². The summed E-state index contributed by atoms with van der Waals surface area (Å²) >= 11 is 0. The summed E-state index contributed by atoms with van der Waals surface area (Å²) in [7, 11) is -1.75. The second kappa shape index (κ2) is 11.7. The highest BCUT2D eigenvalue weighted by molar-refractivity contribution is 6.43.